The summed E-state index contributed by atoms with van der Waals surface area (Å²) in [5, 5.41) is 4.19. The van der Waals surface area contributed by atoms with Gasteiger partial charge >= 0.3 is 5.69 Å². The number of nitrogens with two attached hydrogens (primary N) is 1. The summed E-state index contributed by atoms with van der Waals surface area (Å²) in [6.07, 6.45) is 4.44. The predicted molar refractivity (Wildman–Crippen MR) is 110 cm³/mol. The summed E-state index contributed by atoms with van der Waals surface area (Å²) in [4.78, 5) is 40.1. The molecule has 1 amide bonds. The number of benzene rings is 1. The Bertz CT molecular complexity index is 1200. The summed E-state index contributed by atoms with van der Waals surface area (Å²) in [5.41, 5.74) is 4.33. The highest BCUT2D eigenvalue weighted by Gasteiger charge is 2.16. The smallest absolute Gasteiger partial charge is 0.331 e. The Morgan fingerprint density at radius 1 is 1.34 bits per heavy atom. The van der Waals surface area contributed by atoms with E-state index in [0.29, 0.717) is 5.02 Å². The van der Waals surface area contributed by atoms with Gasteiger partial charge in [0.05, 0.1) is 0 Å². The molecule has 0 aliphatic carbocycles. The van der Waals surface area contributed by atoms with Crippen LogP contribution >= 0.6 is 24.2 Å². The van der Waals surface area contributed by atoms with E-state index < -0.39 is 17.2 Å². The number of aromatic nitrogens is 4. The first-order valence-electron chi connectivity index (χ1n) is 8.31. The number of carbonyl (C=O) groups excluding carboxylic acids is 1. The van der Waals surface area contributed by atoms with Crippen LogP contribution in [0.25, 0.3) is 6.08 Å². The van der Waals surface area contributed by atoms with E-state index in [1.54, 1.807) is 24.3 Å². The van der Waals surface area contributed by atoms with Gasteiger partial charge < -0.3 is 14.8 Å². The molecule has 11 heteroatoms. The second-order valence-electron chi connectivity index (χ2n) is 6.09. The lowest BCUT2D eigenvalue weighted by atomic mass is 10.1. The van der Waals surface area contributed by atoms with Crippen LogP contribution < -0.4 is 17.0 Å². The lowest BCUT2D eigenvalue weighted by molar-refractivity contribution is 0.0997. The number of hydrogen-bond donors (Lipinski definition) is 2. The monoisotopic (exact) mass is 433 g/mol. The zero-order chi connectivity index (χ0) is 21.1. The molecule has 0 aliphatic heterocycles. The van der Waals surface area contributed by atoms with E-state index in [1.807, 2.05) is 12.1 Å². The number of aryl methyl sites for hydroxylation is 1. The second-order valence-corrected chi connectivity index (χ2v) is 7.09. The van der Waals surface area contributed by atoms with Crippen LogP contribution in [0.2, 0.25) is 5.02 Å². The number of hydrogen-bond acceptors (Lipinski definition) is 7. The molecule has 0 bridgehead atoms. The van der Waals surface area contributed by atoms with Crippen molar-refractivity contribution in [3.8, 4) is 0 Å². The summed E-state index contributed by atoms with van der Waals surface area (Å²) in [5.74, 6) is -0.674. The number of carbonyl (C=O) groups is 1. The van der Waals surface area contributed by atoms with Gasteiger partial charge in [0.1, 0.15) is 12.1 Å². The number of halogens is 1. The van der Waals surface area contributed by atoms with Crippen LogP contribution in [0.1, 0.15) is 32.9 Å². The van der Waals surface area contributed by atoms with Crippen molar-refractivity contribution in [2.45, 2.75) is 11.8 Å². The van der Waals surface area contributed by atoms with Crippen molar-refractivity contribution in [2.75, 3.05) is 0 Å². The Balaban J connectivity index is 1.81. The van der Waals surface area contributed by atoms with Gasteiger partial charge in [-0.05, 0) is 23.8 Å². The molecule has 0 saturated heterocycles. The Kier molecular flexibility index (Phi) is 6.04. The highest BCUT2D eigenvalue weighted by atomic mass is 35.5. The summed E-state index contributed by atoms with van der Waals surface area (Å²) < 4.78 is 6.98. The van der Waals surface area contributed by atoms with E-state index >= 15 is 0 Å². The van der Waals surface area contributed by atoms with Gasteiger partial charge in [-0.2, -0.15) is 17.6 Å². The molecule has 2 heterocycles. The topological polar surface area (TPSA) is 126 Å². The molecule has 9 nitrogen and oxygen atoms in total. The van der Waals surface area contributed by atoms with Crippen molar-refractivity contribution in [3.63, 3.8) is 0 Å². The van der Waals surface area contributed by atoms with E-state index in [9.17, 15) is 14.4 Å². The quantitative estimate of drug-likeness (QED) is 0.566. The molecule has 0 fully saturated rings. The molecule has 0 spiro atoms. The molecule has 0 radical (unpaired) electrons. The fraction of sp³-hybridized carbons (Fsp3) is 0.167. The fourth-order valence-electron chi connectivity index (χ4n) is 2.52. The summed E-state index contributed by atoms with van der Waals surface area (Å²) >= 11 is 10.4. The first-order valence-corrected chi connectivity index (χ1v) is 9.20. The summed E-state index contributed by atoms with van der Waals surface area (Å²) in [6, 6.07) is 7.22. The highest BCUT2D eigenvalue weighted by molar-refractivity contribution is 7.80. The van der Waals surface area contributed by atoms with Gasteiger partial charge in [-0.3, -0.25) is 14.2 Å². The van der Waals surface area contributed by atoms with Crippen LogP contribution in [0, 0.1) is 0 Å². The van der Waals surface area contributed by atoms with Crippen molar-refractivity contribution in [3.05, 3.63) is 85.2 Å². The fourth-order valence-corrected chi connectivity index (χ4v) is 2.90. The molecule has 2 N–H and O–H groups in total. The minimum absolute atomic E-state index is 0.0210. The van der Waals surface area contributed by atoms with Crippen LogP contribution in [0.4, 0.5) is 0 Å². The van der Waals surface area contributed by atoms with E-state index in [-0.39, 0.29) is 29.1 Å². The molecule has 1 unspecified atom stereocenters. The predicted octanol–water partition coefficient (Wildman–Crippen LogP) is 1.41. The van der Waals surface area contributed by atoms with Gasteiger partial charge in [0.2, 0.25) is 5.89 Å². The number of rotatable bonds is 6. The van der Waals surface area contributed by atoms with Gasteiger partial charge in [0.25, 0.3) is 11.5 Å². The van der Waals surface area contributed by atoms with Crippen molar-refractivity contribution in [2.24, 2.45) is 12.8 Å². The summed E-state index contributed by atoms with van der Waals surface area (Å²) in [7, 11) is 1.40. The molecule has 3 aromatic rings. The zero-order valence-corrected chi connectivity index (χ0v) is 16.8. The maximum absolute atomic E-state index is 12.3. The van der Waals surface area contributed by atoms with Gasteiger partial charge in [-0.15, -0.1) is 0 Å². The van der Waals surface area contributed by atoms with E-state index in [2.05, 4.69) is 22.8 Å². The van der Waals surface area contributed by atoms with Gasteiger partial charge in [-0.1, -0.05) is 35.0 Å². The standard InChI is InChI=1S/C18H16ClN5O4S/c1-23-8-12(16(20)25)17(26)24(18(23)27)9-15-21-14(22-28-15)7-6-13(29)10-2-4-11(19)5-3-10/h2-8,13,29H,9H2,1H3,(H2,20,25)/b7-6+. The van der Waals surface area contributed by atoms with Gasteiger partial charge in [0, 0.05) is 23.5 Å². The molecule has 1 atom stereocenters. The van der Waals surface area contributed by atoms with E-state index in [1.165, 1.54) is 7.05 Å². The molecule has 2 aromatic heterocycles. The normalized spacial score (nSPS) is 12.4. The molecule has 0 saturated carbocycles. The molecular formula is C18H16ClN5O4S. The van der Waals surface area contributed by atoms with Crippen LogP contribution in [-0.4, -0.2) is 25.2 Å². The van der Waals surface area contributed by atoms with Crippen molar-refractivity contribution >= 4 is 36.2 Å². The average molecular weight is 434 g/mol. The third-order valence-corrected chi connectivity index (χ3v) is 4.73. The van der Waals surface area contributed by atoms with Crippen LogP contribution in [-0.2, 0) is 13.6 Å². The number of amides is 1. The Hall–Kier alpha value is -3.11. The zero-order valence-electron chi connectivity index (χ0n) is 15.2. The van der Waals surface area contributed by atoms with Crippen LogP contribution in [0.5, 0.6) is 0 Å². The highest BCUT2D eigenvalue weighted by Crippen LogP contribution is 2.23. The number of primary amides is 1. The molecule has 0 aliphatic rings. The Morgan fingerprint density at radius 2 is 2.03 bits per heavy atom. The first kappa shape index (κ1) is 20.6. The molecule has 150 valence electrons. The van der Waals surface area contributed by atoms with Gasteiger partial charge in [-0.25, -0.2) is 4.79 Å². The lowest BCUT2D eigenvalue weighted by Crippen LogP contribution is -2.42. The maximum atomic E-state index is 12.3. The first-order chi connectivity index (χ1) is 13.8. The Labute approximate surface area is 174 Å². The van der Waals surface area contributed by atoms with Crippen LogP contribution in [0.15, 0.2) is 50.7 Å². The number of nitrogens with zero attached hydrogens (tertiary/aromatic N) is 4. The molecular weight excluding hydrogens is 418 g/mol. The SMILES string of the molecule is Cn1cc(C(N)=O)c(=O)n(Cc2nc(/C=C/C(S)c3ccc(Cl)cc3)no2)c1=O. The largest absolute Gasteiger partial charge is 0.365 e. The summed E-state index contributed by atoms with van der Waals surface area (Å²) in [6.45, 7) is -0.297. The second kappa shape index (κ2) is 8.50. The lowest BCUT2D eigenvalue weighted by Gasteiger charge is -2.06. The van der Waals surface area contributed by atoms with Crippen molar-refractivity contribution in [1.82, 2.24) is 19.3 Å². The molecule has 1 aromatic carbocycles. The minimum atomic E-state index is -0.935. The van der Waals surface area contributed by atoms with Gasteiger partial charge in [0.15, 0.2) is 5.82 Å². The number of thiol groups is 1. The average Bonchev–Trinajstić information content (AvgIpc) is 3.14. The third-order valence-electron chi connectivity index (χ3n) is 4.01. The molecule has 3 rings (SSSR count). The van der Waals surface area contributed by atoms with Crippen LogP contribution in [0.3, 0.4) is 0 Å². The van der Waals surface area contributed by atoms with Crippen molar-refractivity contribution in [1.29, 1.82) is 0 Å². The Morgan fingerprint density at radius 3 is 2.69 bits per heavy atom. The van der Waals surface area contributed by atoms with E-state index in [0.717, 1.165) is 20.9 Å². The minimum Gasteiger partial charge on any atom is -0.365 e. The third kappa shape index (κ3) is 4.66. The van der Waals surface area contributed by atoms with E-state index in [4.69, 9.17) is 21.9 Å². The van der Waals surface area contributed by atoms with Crippen molar-refractivity contribution < 1.29 is 9.32 Å². The molecule has 29 heavy (non-hydrogen) atoms. The maximum Gasteiger partial charge on any atom is 0.331 e.